The van der Waals surface area contributed by atoms with E-state index in [0.29, 0.717) is 12.2 Å². The van der Waals surface area contributed by atoms with Crippen LogP contribution in [-0.2, 0) is 24.8 Å². The van der Waals surface area contributed by atoms with Crippen molar-refractivity contribution in [2.45, 2.75) is 33.2 Å². The Labute approximate surface area is 116 Å². The van der Waals surface area contributed by atoms with Crippen LogP contribution >= 0.6 is 15.9 Å². The predicted molar refractivity (Wildman–Crippen MR) is 74.4 cm³/mol. The average Bonchev–Trinajstić information content (AvgIpc) is 2.61. The lowest BCUT2D eigenvalue weighted by atomic mass is 9.98. The molecule has 1 aromatic rings. The van der Waals surface area contributed by atoms with E-state index in [-0.39, 0.29) is 5.92 Å². The molecule has 2 heterocycles. The zero-order valence-electron chi connectivity index (χ0n) is 11.2. The number of ketones is 1. The molecular weight excluding hydrogens is 294 g/mol. The van der Waals surface area contributed by atoms with Crippen LogP contribution in [0.15, 0.2) is 4.47 Å². The number of rotatable bonds is 3. The van der Waals surface area contributed by atoms with Crippen LogP contribution in [0, 0.1) is 5.92 Å². The summed E-state index contributed by atoms with van der Waals surface area (Å²) in [5, 5.41) is 4.50. The molecule has 1 aliphatic rings. The van der Waals surface area contributed by atoms with E-state index in [0.717, 1.165) is 36.2 Å². The molecular formula is C13H20BrN3O. The third-order valence-corrected chi connectivity index (χ3v) is 4.55. The van der Waals surface area contributed by atoms with Crippen molar-refractivity contribution in [3.05, 3.63) is 15.9 Å². The molecule has 0 aliphatic carbocycles. The number of aryl methyl sites for hydroxylation is 2. The summed E-state index contributed by atoms with van der Waals surface area (Å²) in [6, 6.07) is 0. The minimum atomic E-state index is 0.163. The fraction of sp³-hybridized carbons (Fsp3) is 0.692. The summed E-state index contributed by atoms with van der Waals surface area (Å²) in [6.07, 6.45) is 1.61. The molecule has 100 valence electrons. The van der Waals surface area contributed by atoms with Gasteiger partial charge in [0.1, 0.15) is 5.78 Å². The second kappa shape index (κ2) is 5.53. The molecule has 18 heavy (non-hydrogen) atoms. The molecule has 1 fully saturated rings. The quantitative estimate of drug-likeness (QED) is 0.858. The molecule has 0 spiro atoms. The Morgan fingerprint density at radius 3 is 2.78 bits per heavy atom. The summed E-state index contributed by atoms with van der Waals surface area (Å²) in [5.41, 5.74) is 2.31. The van der Waals surface area contributed by atoms with E-state index in [4.69, 9.17) is 0 Å². The Morgan fingerprint density at radius 2 is 2.22 bits per heavy atom. The third kappa shape index (κ3) is 2.67. The number of aromatic nitrogens is 2. The van der Waals surface area contributed by atoms with Crippen molar-refractivity contribution >= 4 is 21.7 Å². The van der Waals surface area contributed by atoms with Gasteiger partial charge in [0.25, 0.3) is 0 Å². The molecule has 1 aliphatic heterocycles. The maximum absolute atomic E-state index is 11.5. The second-order valence-corrected chi connectivity index (χ2v) is 5.83. The number of carbonyl (C=O) groups excluding carboxylic acids is 1. The van der Waals surface area contributed by atoms with Crippen LogP contribution in [0.25, 0.3) is 0 Å². The number of Topliss-reactive ketones (excluding diaryl/α,β-unsaturated/α-hetero) is 1. The molecule has 0 radical (unpaired) electrons. The first-order chi connectivity index (χ1) is 8.52. The highest BCUT2D eigenvalue weighted by Gasteiger charge is 2.25. The van der Waals surface area contributed by atoms with Crippen molar-refractivity contribution in [3.8, 4) is 0 Å². The topological polar surface area (TPSA) is 38.1 Å². The first kappa shape index (κ1) is 13.7. The molecule has 0 aromatic carbocycles. The SMILES string of the molecule is CCc1nn(C)c(CN2CCC(=O)C(C)C2)c1Br. The summed E-state index contributed by atoms with van der Waals surface area (Å²) in [6.45, 7) is 6.71. The Bertz CT molecular complexity index is 455. The minimum Gasteiger partial charge on any atom is -0.299 e. The molecule has 0 bridgehead atoms. The van der Waals surface area contributed by atoms with E-state index in [2.05, 4.69) is 32.9 Å². The number of halogens is 1. The van der Waals surface area contributed by atoms with Gasteiger partial charge in [0.15, 0.2) is 0 Å². The molecule has 0 N–H and O–H groups in total. The zero-order chi connectivity index (χ0) is 13.3. The maximum Gasteiger partial charge on any atom is 0.138 e. The summed E-state index contributed by atoms with van der Waals surface area (Å²) in [5.74, 6) is 0.556. The van der Waals surface area contributed by atoms with Crippen LogP contribution in [-0.4, -0.2) is 33.6 Å². The fourth-order valence-corrected chi connectivity index (χ4v) is 3.18. The van der Waals surface area contributed by atoms with Crippen LogP contribution in [0.5, 0.6) is 0 Å². The lowest BCUT2D eigenvalue weighted by Crippen LogP contribution is -2.39. The highest BCUT2D eigenvalue weighted by Crippen LogP contribution is 2.24. The summed E-state index contributed by atoms with van der Waals surface area (Å²) < 4.78 is 3.07. The number of likely N-dealkylation sites (tertiary alicyclic amines) is 1. The molecule has 4 nitrogen and oxygen atoms in total. The van der Waals surface area contributed by atoms with Gasteiger partial charge in [-0.1, -0.05) is 13.8 Å². The van der Waals surface area contributed by atoms with Gasteiger partial charge < -0.3 is 0 Å². The fourth-order valence-electron chi connectivity index (χ4n) is 2.44. The zero-order valence-corrected chi connectivity index (χ0v) is 12.8. The molecule has 1 atom stereocenters. The van der Waals surface area contributed by atoms with Gasteiger partial charge in [-0.25, -0.2) is 0 Å². The molecule has 0 saturated carbocycles. The van der Waals surface area contributed by atoms with Crippen LogP contribution in [0.4, 0.5) is 0 Å². The van der Waals surface area contributed by atoms with E-state index in [1.165, 1.54) is 5.69 Å². The predicted octanol–water partition coefficient (Wildman–Crippen LogP) is 2.16. The number of hydrogen-bond donors (Lipinski definition) is 0. The van der Waals surface area contributed by atoms with Gasteiger partial charge in [0.05, 0.1) is 15.9 Å². The van der Waals surface area contributed by atoms with Crippen molar-refractivity contribution in [1.29, 1.82) is 0 Å². The van der Waals surface area contributed by atoms with Gasteiger partial charge >= 0.3 is 0 Å². The molecule has 1 aromatic heterocycles. The largest absolute Gasteiger partial charge is 0.299 e. The Kier molecular flexibility index (Phi) is 4.22. The first-order valence-electron chi connectivity index (χ1n) is 6.48. The van der Waals surface area contributed by atoms with Crippen molar-refractivity contribution in [3.63, 3.8) is 0 Å². The van der Waals surface area contributed by atoms with Crippen molar-refractivity contribution in [2.24, 2.45) is 13.0 Å². The summed E-state index contributed by atoms with van der Waals surface area (Å²) >= 11 is 3.64. The average molecular weight is 314 g/mol. The van der Waals surface area contributed by atoms with Gasteiger partial charge in [0.2, 0.25) is 0 Å². The Hall–Kier alpha value is -0.680. The van der Waals surface area contributed by atoms with E-state index < -0.39 is 0 Å². The van der Waals surface area contributed by atoms with Gasteiger partial charge in [-0.3, -0.25) is 14.4 Å². The van der Waals surface area contributed by atoms with Crippen molar-refractivity contribution in [1.82, 2.24) is 14.7 Å². The van der Waals surface area contributed by atoms with Crippen LogP contribution in [0.3, 0.4) is 0 Å². The van der Waals surface area contributed by atoms with Crippen LogP contribution in [0.2, 0.25) is 0 Å². The van der Waals surface area contributed by atoms with Crippen molar-refractivity contribution in [2.75, 3.05) is 13.1 Å². The van der Waals surface area contributed by atoms with E-state index in [1.807, 2.05) is 18.7 Å². The number of piperidine rings is 1. The lowest BCUT2D eigenvalue weighted by Gasteiger charge is -2.29. The van der Waals surface area contributed by atoms with Crippen molar-refractivity contribution < 1.29 is 4.79 Å². The first-order valence-corrected chi connectivity index (χ1v) is 7.27. The third-order valence-electron chi connectivity index (χ3n) is 3.63. The van der Waals surface area contributed by atoms with E-state index >= 15 is 0 Å². The Morgan fingerprint density at radius 1 is 1.50 bits per heavy atom. The molecule has 5 heteroatoms. The van der Waals surface area contributed by atoms with E-state index in [9.17, 15) is 4.79 Å². The normalized spacial score (nSPS) is 21.6. The smallest absolute Gasteiger partial charge is 0.138 e. The molecule has 1 saturated heterocycles. The van der Waals surface area contributed by atoms with Gasteiger partial charge in [-0.2, -0.15) is 5.10 Å². The Balaban J connectivity index is 2.10. The van der Waals surface area contributed by atoms with Crippen LogP contribution in [0.1, 0.15) is 31.7 Å². The van der Waals surface area contributed by atoms with Gasteiger partial charge in [0, 0.05) is 39.0 Å². The highest BCUT2D eigenvalue weighted by molar-refractivity contribution is 9.10. The van der Waals surface area contributed by atoms with Crippen LogP contribution < -0.4 is 0 Å². The standard InChI is InChI=1S/C13H20BrN3O/c1-4-10-13(14)11(16(3)15-10)8-17-6-5-12(18)9(2)7-17/h9H,4-8H2,1-3H3. The number of carbonyl (C=O) groups is 1. The van der Waals surface area contributed by atoms with E-state index in [1.54, 1.807) is 0 Å². The summed E-state index contributed by atoms with van der Waals surface area (Å²) in [7, 11) is 1.98. The maximum atomic E-state index is 11.5. The molecule has 0 amide bonds. The monoisotopic (exact) mass is 313 g/mol. The van der Waals surface area contributed by atoms with Gasteiger partial charge in [-0.15, -0.1) is 0 Å². The molecule has 2 rings (SSSR count). The highest BCUT2D eigenvalue weighted by atomic mass is 79.9. The number of nitrogens with zero attached hydrogens (tertiary/aromatic N) is 3. The van der Waals surface area contributed by atoms with Gasteiger partial charge in [-0.05, 0) is 22.4 Å². The minimum absolute atomic E-state index is 0.163. The number of hydrogen-bond acceptors (Lipinski definition) is 3. The second-order valence-electron chi connectivity index (χ2n) is 5.04. The lowest BCUT2D eigenvalue weighted by molar-refractivity contribution is -0.125. The summed E-state index contributed by atoms with van der Waals surface area (Å²) in [4.78, 5) is 13.9. The molecule has 1 unspecified atom stereocenters.